The van der Waals surface area contributed by atoms with Crippen LogP contribution in [0.25, 0.3) is 10.9 Å². The third-order valence-corrected chi connectivity index (χ3v) is 10.4. The van der Waals surface area contributed by atoms with Crippen molar-refractivity contribution in [2.75, 3.05) is 26.7 Å². The average molecular weight is 652 g/mol. The van der Waals surface area contributed by atoms with Gasteiger partial charge in [-0.25, -0.2) is 14.6 Å². The number of hydrogen-bond acceptors (Lipinski definition) is 9. The summed E-state index contributed by atoms with van der Waals surface area (Å²) in [5.41, 5.74) is 0.853. The number of nitrogens with one attached hydrogen (secondary N) is 1. The zero-order valence-corrected chi connectivity index (χ0v) is 28.2. The molecule has 2 amide bonds. The maximum atomic E-state index is 14.1. The van der Waals surface area contributed by atoms with E-state index in [1.165, 1.54) is 4.90 Å². The molecule has 0 aromatic carbocycles. The van der Waals surface area contributed by atoms with Crippen LogP contribution in [0.15, 0.2) is 18.5 Å². The van der Waals surface area contributed by atoms with Gasteiger partial charge < -0.3 is 34.4 Å². The van der Waals surface area contributed by atoms with Crippen molar-refractivity contribution in [3.8, 4) is 11.6 Å². The number of aromatic nitrogens is 2. The van der Waals surface area contributed by atoms with Crippen LogP contribution in [-0.2, 0) is 20.7 Å². The van der Waals surface area contributed by atoms with E-state index in [9.17, 15) is 19.5 Å². The molecule has 3 fully saturated rings. The molecular formula is C35H49N5O7. The van der Waals surface area contributed by atoms with Crippen molar-refractivity contribution >= 4 is 28.9 Å². The smallest absolute Gasteiger partial charge is 0.408 e. The van der Waals surface area contributed by atoms with E-state index < -0.39 is 41.6 Å². The lowest BCUT2D eigenvalue weighted by atomic mass is 9.85. The number of amides is 2. The number of alkyl carbamates (subject to hydrolysis) is 1. The van der Waals surface area contributed by atoms with Crippen LogP contribution in [0, 0.1) is 17.3 Å². The van der Waals surface area contributed by atoms with Gasteiger partial charge in [-0.1, -0.05) is 40.5 Å². The molecule has 3 aliphatic heterocycles. The van der Waals surface area contributed by atoms with Gasteiger partial charge in [0.15, 0.2) is 0 Å². The van der Waals surface area contributed by atoms with Gasteiger partial charge in [0.05, 0.1) is 23.0 Å². The van der Waals surface area contributed by atoms with Crippen LogP contribution in [-0.4, -0.2) is 99.9 Å². The van der Waals surface area contributed by atoms with Gasteiger partial charge in [0.2, 0.25) is 11.8 Å². The fourth-order valence-electron chi connectivity index (χ4n) is 7.41. The van der Waals surface area contributed by atoms with Crippen LogP contribution in [0.3, 0.4) is 0 Å². The zero-order valence-electron chi connectivity index (χ0n) is 28.2. The summed E-state index contributed by atoms with van der Waals surface area (Å²) in [6, 6.07) is -0.269. The second kappa shape index (κ2) is 13.4. The molecule has 0 radical (unpaired) electrons. The SMILES string of the molecule is CC1[C@@H]2CCCCCc3c(nc4ccncc4c3OC3CCN(C)CC3)O[C@@H]3C[C@@H](C(=O)O)N(C3)C(=O)[C@H](C(C)(C)C)NC(=O)O[C@@H]12. The molecule has 1 saturated carbocycles. The molecule has 6 rings (SSSR count). The molecular weight excluding hydrogens is 602 g/mol. The number of fused-ring (bicyclic) bond motifs is 5. The number of pyridine rings is 2. The van der Waals surface area contributed by atoms with Gasteiger partial charge in [-0.3, -0.25) is 9.78 Å². The standard InChI is InChI=1S/C35H49N5O7/c1-20-23-9-7-6-8-10-24-29(45-21-12-15-39(5)16-13-21)25-18-36-14-11-26(25)37-31(24)46-22-17-27(33(42)43)40(19-22)32(41)30(35(2,3)4)38-34(44)47-28(20)23/h11,14,18,20-23,27-28,30H,6-10,12-13,15-17,19H2,1-5H3,(H,38,44)(H,42,43)/t20?,22-,23+,27+,28+,30-/m1/s1. The Morgan fingerprint density at radius 3 is 2.60 bits per heavy atom. The number of hydrogen-bond donors (Lipinski definition) is 2. The monoisotopic (exact) mass is 651 g/mol. The predicted molar refractivity (Wildman–Crippen MR) is 174 cm³/mol. The molecule has 4 aliphatic rings. The van der Waals surface area contributed by atoms with Gasteiger partial charge >= 0.3 is 12.1 Å². The summed E-state index contributed by atoms with van der Waals surface area (Å²) in [6.07, 6.45) is 8.42. The van der Waals surface area contributed by atoms with Crippen molar-refractivity contribution in [2.24, 2.45) is 17.3 Å². The third-order valence-electron chi connectivity index (χ3n) is 10.4. The average Bonchev–Trinajstić information content (AvgIpc) is 3.40. The Kier molecular flexibility index (Phi) is 9.51. The lowest BCUT2D eigenvalue weighted by molar-refractivity contribution is -0.150. The largest absolute Gasteiger partial charge is 0.489 e. The summed E-state index contributed by atoms with van der Waals surface area (Å²) in [5, 5.41) is 13.8. The van der Waals surface area contributed by atoms with Crippen LogP contribution in [0.4, 0.5) is 4.79 Å². The number of rotatable bonds is 3. The van der Waals surface area contributed by atoms with E-state index in [0.29, 0.717) is 17.8 Å². The molecule has 47 heavy (non-hydrogen) atoms. The number of carbonyl (C=O) groups excluding carboxylic acids is 2. The number of aliphatic carboxylic acids is 1. The summed E-state index contributed by atoms with van der Waals surface area (Å²) in [5.74, 6) is 0.0790. The van der Waals surface area contributed by atoms with Crippen molar-refractivity contribution in [1.29, 1.82) is 0 Å². The van der Waals surface area contributed by atoms with Gasteiger partial charge in [0.1, 0.15) is 36.1 Å². The molecule has 2 aromatic rings. The van der Waals surface area contributed by atoms with Crippen LogP contribution < -0.4 is 14.8 Å². The lowest BCUT2D eigenvalue weighted by Gasteiger charge is -2.34. The van der Waals surface area contributed by atoms with E-state index in [0.717, 1.165) is 68.3 Å². The number of carboxylic acids is 1. The quantitative estimate of drug-likeness (QED) is 0.489. The van der Waals surface area contributed by atoms with Crippen LogP contribution in [0.2, 0.25) is 0 Å². The molecule has 12 heteroatoms. The summed E-state index contributed by atoms with van der Waals surface area (Å²) in [4.78, 5) is 52.6. The van der Waals surface area contributed by atoms with E-state index in [1.807, 2.05) is 26.8 Å². The maximum absolute atomic E-state index is 14.1. The molecule has 2 aromatic heterocycles. The molecule has 256 valence electrons. The van der Waals surface area contributed by atoms with Crippen molar-refractivity contribution in [3.63, 3.8) is 0 Å². The topological polar surface area (TPSA) is 143 Å². The minimum Gasteiger partial charge on any atom is -0.489 e. The van der Waals surface area contributed by atoms with E-state index in [-0.39, 0.29) is 37.0 Å². The number of ether oxygens (including phenoxy) is 3. The first kappa shape index (κ1) is 33.2. The fraction of sp³-hybridized carbons (Fsp3) is 0.686. The van der Waals surface area contributed by atoms with Crippen LogP contribution in [0.1, 0.15) is 78.2 Å². The molecule has 2 saturated heterocycles. The van der Waals surface area contributed by atoms with Crippen molar-refractivity contribution in [2.45, 2.75) is 109 Å². The molecule has 1 unspecified atom stereocenters. The summed E-state index contributed by atoms with van der Waals surface area (Å²) < 4.78 is 19.2. The van der Waals surface area contributed by atoms with Crippen molar-refractivity contribution in [1.82, 2.24) is 25.1 Å². The molecule has 0 spiro atoms. The summed E-state index contributed by atoms with van der Waals surface area (Å²) in [7, 11) is 2.12. The van der Waals surface area contributed by atoms with Gasteiger partial charge in [0.25, 0.3) is 0 Å². The summed E-state index contributed by atoms with van der Waals surface area (Å²) in [6.45, 7) is 9.56. The number of piperidine rings is 1. The Balaban J connectivity index is 1.37. The fourth-order valence-corrected chi connectivity index (χ4v) is 7.41. The third kappa shape index (κ3) is 7.27. The van der Waals surface area contributed by atoms with Crippen molar-refractivity contribution in [3.05, 3.63) is 24.0 Å². The molecule has 5 heterocycles. The number of carboxylic acid groups (broad SMARTS) is 1. The lowest BCUT2D eigenvalue weighted by Crippen LogP contribution is -2.57. The van der Waals surface area contributed by atoms with Gasteiger partial charge in [-0.2, -0.15) is 0 Å². The highest BCUT2D eigenvalue weighted by atomic mass is 16.6. The second-order valence-corrected chi connectivity index (χ2v) is 15.0. The van der Waals surface area contributed by atoms with E-state index in [1.54, 1.807) is 12.4 Å². The molecule has 12 nitrogen and oxygen atoms in total. The minimum absolute atomic E-state index is 0.0431. The van der Waals surface area contributed by atoms with Gasteiger partial charge in [-0.15, -0.1) is 0 Å². The van der Waals surface area contributed by atoms with E-state index in [2.05, 4.69) is 29.2 Å². The highest BCUT2D eigenvalue weighted by molar-refractivity contribution is 5.90. The van der Waals surface area contributed by atoms with Crippen LogP contribution in [0.5, 0.6) is 11.6 Å². The molecule has 1 aliphatic carbocycles. The van der Waals surface area contributed by atoms with Crippen molar-refractivity contribution < 1.29 is 33.7 Å². The first-order valence-electron chi connectivity index (χ1n) is 17.2. The predicted octanol–water partition coefficient (Wildman–Crippen LogP) is 4.43. The molecule has 2 N–H and O–H groups in total. The highest BCUT2D eigenvalue weighted by Gasteiger charge is 2.51. The van der Waals surface area contributed by atoms with Gasteiger partial charge in [0, 0.05) is 37.8 Å². The Morgan fingerprint density at radius 2 is 1.87 bits per heavy atom. The Hall–Kier alpha value is -3.67. The maximum Gasteiger partial charge on any atom is 0.408 e. The Bertz CT molecular complexity index is 1490. The summed E-state index contributed by atoms with van der Waals surface area (Å²) >= 11 is 0. The Morgan fingerprint density at radius 1 is 1.11 bits per heavy atom. The number of carbonyl (C=O) groups is 3. The first-order chi connectivity index (χ1) is 22.4. The zero-order chi connectivity index (χ0) is 33.5. The second-order valence-electron chi connectivity index (χ2n) is 15.0. The molecule has 6 atom stereocenters. The number of nitrogens with zero attached hydrogens (tertiary/aromatic N) is 4. The van der Waals surface area contributed by atoms with Crippen LogP contribution >= 0.6 is 0 Å². The Labute approximate surface area is 276 Å². The van der Waals surface area contributed by atoms with Gasteiger partial charge in [-0.05, 0) is 56.6 Å². The van der Waals surface area contributed by atoms with E-state index >= 15 is 0 Å². The highest BCUT2D eigenvalue weighted by Crippen LogP contribution is 2.45. The first-order valence-corrected chi connectivity index (χ1v) is 17.2. The van der Waals surface area contributed by atoms with E-state index in [4.69, 9.17) is 19.2 Å². The minimum atomic E-state index is -1.12. The molecule has 2 bridgehead atoms. The number of likely N-dealkylation sites (tertiary alicyclic amines) is 1. The normalized spacial score (nSPS) is 29.9.